The molecule has 0 saturated carbocycles. The van der Waals surface area contributed by atoms with Crippen LogP contribution in [0.2, 0.25) is 5.02 Å². The maximum atomic E-state index is 13.3. The Bertz CT molecular complexity index is 1270. The molecule has 1 atom stereocenters. The van der Waals surface area contributed by atoms with E-state index in [2.05, 4.69) is 20.8 Å². The van der Waals surface area contributed by atoms with Crippen molar-refractivity contribution < 1.29 is 9.59 Å². The summed E-state index contributed by atoms with van der Waals surface area (Å²) in [6, 6.07) is 21.9. The van der Waals surface area contributed by atoms with E-state index in [9.17, 15) is 9.59 Å². The van der Waals surface area contributed by atoms with Gasteiger partial charge in [-0.3, -0.25) is 9.59 Å². The SMILES string of the molecule is Cc1ccc(C(=O)N[C@@H](Cc2ccccc2)C(=O)CCCc2cc(Cl)ccc2-n2cnnn2)cc1. The summed E-state index contributed by atoms with van der Waals surface area (Å²) in [6.45, 7) is 1.97. The molecule has 4 rings (SSSR count). The Labute approximate surface area is 209 Å². The van der Waals surface area contributed by atoms with Crippen LogP contribution in [-0.2, 0) is 17.6 Å². The lowest BCUT2D eigenvalue weighted by molar-refractivity contribution is -0.121. The Morgan fingerprint density at radius 1 is 1.03 bits per heavy atom. The number of hydrogen-bond donors (Lipinski definition) is 1. The highest BCUT2D eigenvalue weighted by Gasteiger charge is 2.22. The molecule has 7 nitrogen and oxygen atoms in total. The Kier molecular flexibility index (Phi) is 8.00. The number of aryl methyl sites for hydroxylation is 2. The van der Waals surface area contributed by atoms with Crippen molar-refractivity contribution in [2.24, 2.45) is 0 Å². The molecule has 0 aliphatic rings. The zero-order valence-corrected chi connectivity index (χ0v) is 20.2. The number of ketones is 1. The molecule has 0 radical (unpaired) electrons. The van der Waals surface area contributed by atoms with Crippen molar-refractivity contribution in [2.75, 3.05) is 0 Å². The molecular formula is C27H26ClN5O2. The molecule has 35 heavy (non-hydrogen) atoms. The number of carbonyl (C=O) groups is 2. The second-order valence-corrected chi connectivity index (χ2v) is 8.87. The van der Waals surface area contributed by atoms with E-state index in [1.165, 1.54) is 6.33 Å². The molecular weight excluding hydrogens is 462 g/mol. The number of tetrazole rings is 1. The van der Waals surface area contributed by atoms with Crippen molar-refractivity contribution in [2.45, 2.75) is 38.6 Å². The monoisotopic (exact) mass is 487 g/mol. The fourth-order valence-electron chi connectivity index (χ4n) is 3.92. The second-order valence-electron chi connectivity index (χ2n) is 8.43. The molecule has 0 bridgehead atoms. The molecule has 1 aromatic heterocycles. The molecule has 178 valence electrons. The van der Waals surface area contributed by atoms with Crippen LogP contribution in [0.25, 0.3) is 5.69 Å². The van der Waals surface area contributed by atoms with E-state index in [0.29, 0.717) is 36.3 Å². The molecule has 0 unspecified atom stereocenters. The van der Waals surface area contributed by atoms with Crippen molar-refractivity contribution in [3.8, 4) is 5.69 Å². The van der Waals surface area contributed by atoms with Crippen LogP contribution in [-0.4, -0.2) is 37.9 Å². The molecule has 0 spiro atoms. The zero-order chi connectivity index (χ0) is 24.6. The normalized spacial score (nSPS) is 11.7. The molecule has 1 amide bonds. The van der Waals surface area contributed by atoms with Crippen LogP contribution in [0.1, 0.15) is 39.9 Å². The summed E-state index contributed by atoms with van der Waals surface area (Å²) in [5.41, 5.74) is 4.36. The molecule has 1 N–H and O–H groups in total. The average molecular weight is 488 g/mol. The van der Waals surface area contributed by atoms with Gasteiger partial charge in [-0.25, -0.2) is 4.68 Å². The molecule has 1 heterocycles. The lowest BCUT2D eigenvalue weighted by atomic mass is 9.97. The Hall–Kier alpha value is -3.84. The van der Waals surface area contributed by atoms with Crippen LogP contribution in [0.3, 0.4) is 0 Å². The number of benzene rings is 3. The largest absolute Gasteiger partial charge is 0.342 e. The minimum Gasteiger partial charge on any atom is -0.342 e. The molecule has 4 aromatic rings. The van der Waals surface area contributed by atoms with Crippen LogP contribution < -0.4 is 5.32 Å². The fraction of sp³-hybridized carbons (Fsp3) is 0.222. The fourth-order valence-corrected chi connectivity index (χ4v) is 4.11. The van der Waals surface area contributed by atoms with Crippen molar-refractivity contribution in [1.29, 1.82) is 0 Å². The Morgan fingerprint density at radius 3 is 2.51 bits per heavy atom. The number of carbonyl (C=O) groups excluding carboxylic acids is 2. The number of Topliss-reactive ketones (excluding diaryl/α,β-unsaturated/α-hetero) is 1. The molecule has 0 aliphatic carbocycles. The molecule has 0 fully saturated rings. The predicted molar refractivity (Wildman–Crippen MR) is 135 cm³/mol. The molecule has 8 heteroatoms. The predicted octanol–water partition coefficient (Wildman–Crippen LogP) is 4.56. The zero-order valence-electron chi connectivity index (χ0n) is 19.4. The Morgan fingerprint density at radius 2 is 1.80 bits per heavy atom. The first-order valence-electron chi connectivity index (χ1n) is 11.5. The van der Waals surface area contributed by atoms with E-state index >= 15 is 0 Å². The van der Waals surface area contributed by atoms with E-state index in [-0.39, 0.29) is 11.7 Å². The van der Waals surface area contributed by atoms with Gasteiger partial charge in [-0.2, -0.15) is 0 Å². The first-order valence-corrected chi connectivity index (χ1v) is 11.8. The number of hydrogen-bond acceptors (Lipinski definition) is 5. The van der Waals surface area contributed by atoms with Crippen LogP contribution >= 0.6 is 11.6 Å². The van der Waals surface area contributed by atoms with Gasteiger partial charge in [0.1, 0.15) is 6.33 Å². The van der Waals surface area contributed by atoms with Crippen LogP contribution in [0.15, 0.2) is 79.1 Å². The van der Waals surface area contributed by atoms with Gasteiger partial charge >= 0.3 is 0 Å². The number of amides is 1. The van der Waals surface area contributed by atoms with Gasteiger partial charge in [0.05, 0.1) is 11.7 Å². The summed E-state index contributed by atoms with van der Waals surface area (Å²) in [5, 5.41) is 14.9. The number of rotatable bonds is 10. The van der Waals surface area contributed by atoms with Gasteiger partial charge in [0, 0.05) is 17.0 Å². The minimum absolute atomic E-state index is 0.0136. The standard InChI is InChI=1S/C27H26ClN5O2/c1-19-10-12-21(13-11-19)27(35)30-24(16-20-6-3-2-4-7-20)26(34)9-5-8-22-17-23(28)14-15-25(22)33-18-29-31-32-33/h2-4,6-7,10-15,17-18,24H,5,8-9,16H2,1H3,(H,30,35)/t24-/m0/s1. The highest BCUT2D eigenvalue weighted by Crippen LogP contribution is 2.21. The van der Waals surface area contributed by atoms with Gasteiger partial charge in [0.25, 0.3) is 5.91 Å². The number of halogens is 1. The Balaban J connectivity index is 1.45. The molecule has 0 aliphatic heterocycles. The third kappa shape index (κ3) is 6.61. The van der Waals surface area contributed by atoms with Crippen molar-refractivity contribution >= 4 is 23.3 Å². The van der Waals surface area contributed by atoms with Gasteiger partial charge in [0.2, 0.25) is 0 Å². The van der Waals surface area contributed by atoms with Crippen molar-refractivity contribution in [1.82, 2.24) is 25.5 Å². The van der Waals surface area contributed by atoms with Gasteiger partial charge < -0.3 is 5.32 Å². The van der Waals surface area contributed by atoms with Crippen LogP contribution in [0.4, 0.5) is 0 Å². The number of aromatic nitrogens is 4. The first kappa shape index (κ1) is 24.3. The summed E-state index contributed by atoms with van der Waals surface area (Å²) in [4.78, 5) is 26.1. The summed E-state index contributed by atoms with van der Waals surface area (Å²) in [5.74, 6) is -0.268. The third-order valence-corrected chi connectivity index (χ3v) is 6.03. The quantitative estimate of drug-likeness (QED) is 0.354. The second kappa shape index (κ2) is 11.5. The summed E-state index contributed by atoms with van der Waals surface area (Å²) in [7, 11) is 0. The van der Waals surface area contributed by atoms with E-state index in [0.717, 1.165) is 22.4 Å². The van der Waals surface area contributed by atoms with Crippen molar-refractivity contribution in [3.63, 3.8) is 0 Å². The van der Waals surface area contributed by atoms with Crippen LogP contribution in [0.5, 0.6) is 0 Å². The van der Waals surface area contributed by atoms with Gasteiger partial charge in [-0.05, 0) is 78.1 Å². The highest BCUT2D eigenvalue weighted by molar-refractivity contribution is 6.30. The smallest absolute Gasteiger partial charge is 0.251 e. The van der Waals surface area contributed by atoms with Gasteiger partial charge in [-0.1, -0.05) is 59.6 Å². The van der Waals surface area contributed by atoms with Crippen molar-refractivity contribution in [3.05, 3.63) is 106 Å². The van der Waals surface area contributed by atoms with E-state index in [1.807, 2.05) is 61.5 Å². The lowest BCUT2D eigenvalue weighted by Crippen LogP contribution is -2.42. The third-order valence-electron chi connectivity index (χ3n) is 5.80. The van der Waals surface area contributed by atoms with Gasteiger partial charge in [0.15, 0.2) is 5.78 Å². The molecule has 0 saturated heterocycles. The summed E-state index contributed by atoms with van der Waals surface area (Å²) < 4.78 is 1.58. The van der Waals surface area contributed by atoms with Crippen LogP contribution in [0, 0.1) is 6.92 Å². The summed E-state index contributed by atoms with van der Waals surface area (Å²) in [6.07, 6.45) is 3.48. The minimum atomic E-state index is -0.621. The van der Waals surface area contributed by atoms with Gasteiger partial charge in [-0.15, -0.1) is 5.10 Å². The van der Waals surface area contributed by atoms with E-state index < -0.39 is 6.04 Å². The summed E-state index contributed by atoms with van der Waals surface area (Å²) >= 11 is 6.21. The average Bonchev–Trinajstić information content (AvgIpc) is 3.39. The highest BCUT2D eigenvalue weighted by atomic mass is 35.5. The van der Waals surface area contributed by atoms with E-state index in [4.69, 9.17) is 11.6 Å². The molecule has 3 aromatic carbocycles. The first-order chi connectivity index (χ1) is 17.0. The van der Waals surface area contributed by atoms with E-state index in [1.54, 1.807) is 22.9 Å². The maximum absolute atomic E-state index is 13.3. The lowest BCUT2D eigenvalue weighted by Gasteiger charge is -2.18. The maximum Gasteiger partial charge on any atom is 0.251 e. The number of nitrogens with zero attached hydrogens (tertiary/aromatic N) is 4. The number of nitrogens with one attached hydrogen (secondary N) is 1. The topological polar surface area (TPSA) is 89.8 Å².